The maximum atomic E-state index is 5.84. The van der Waals surface area contributed by atoms with E-state index >= 15 is 0 Å². The molecule has 0 aromatic carbocycles. The summed E-state index contributed by atoms with van der Waals surface area (Å²) < 4.78 is 5.59. The van der Waals surface area contributed by atoms with Gasteiger partial charge in [0.2, 0.25) is 5.88 Å². The predicted molar refractivity (Wildman–Crippen MR) is 74.8 cm³/mol. The third-order valence-corrected chi connectivity index (χ3v) is 3.15. The molecule has 0 radical (unpaired) electrons. The normalized spacial score (nSPS) is 22.0. The summed E-state index contributed by atoms with van der Waals surface area (Å²) in [7, 11) is 0. The Bertz CT molecular complexity index is 406. The van der Waals surface area contributed by atoms with Gasteiger partial charge in [0, 0.05) is 6.04 Å². The first-order chi connectivity index (χ1) is 8.60. The van der Waals surface area contributed by atoms with Crippen LogP contribution in [0.3, 0.4) is 0 Å². The molecule has 0 amide bonds. The van der Waals surface area contributed by atoms with Crippen LogP contribution in [0, 0.1) is 5.92 Å². The molecule has 1 aliphatic rings. The van der Waals surface area contributed by atoms with Crippen molar-refractivity contribution in [3.8, 4) is 5.88 Å². The monoisotopic (exact) mass is 249 g/mol. The lowest BCUT2D eigenvalue weighted by molar-refractivity contribution is 0.234. The number of nitrogens with two attached hydrogens (primary N) is 1. The molecular formula is C14H23N3O. The maximum Gasteiger partial charge on any atom is 0.239 e. The van der Waals surface area contributed by atoms with Gasteiger partial charge in [0.05, 0.1) is 11.8 Å². The fourth-order valence-electron chi connectivity index (χ4n) is 2.15. The Balaban J connectivity index is 1.97. The molecule has 0 aliphatic heterocycles. The lowest BCUT2D eigenvalue weighted by Crippen LogP contribution is -2.11. The van der Waals surface area contributed by atoms with E-state index in [2.05, 4.69) is 17.2 Å². The molecule has 1 fully saturated rings. The first kappa shape index (κ1) is 13.0. The number of hydrogen-bond donors (Lipinski definition) is 2. The second-order valence-electron chi connectivity index (χ2n) is 5.29. The highest BCUT2D eigenvalue weighted by atomic mass is 16.5. The molecule has 2 atom stereocenters. The van der Waals surface area contributed by atoms with Crippen molar-refractivity contribution in [2.75, 3.05) is 11.1 Å². The molecule has 18 heavy (non-hydrogen) atoms. The van der Waals surface area contributed by atoms with Crippen LogP contribution in [0.4, 0.5) is 11.5 Å². The molecule has 3 N–H and O–H groups in total. The van der Waals surface area contributed by atoms with Crippen LogP contribution in [0.1, 0.15) is 40.0 Å². The summed E-state index contributed by atoms with van der Waals surface area (Å²) in [6.07, 6.45) is 3.88. The molecule has 1 heterocycles. The largest absolute Gasteiger partial charge is 0.473 e. The van der Waals surface area contributed by atoms with Crippen molar-refractivity contribution < 1.29 is 4.74 Å². The van der Waals surface area contributed by atoms with Gasteiger partial charge in [-0.1, -0.05) is 13.3 Å². The smallest absolute Gasteiger partial charge is 0.239 e. The molecule has 0 bridgehead atoms. The minimum Gasteiger partial charge on any atom is -0.473 e. The van der Waals surface area contributed by atoms with Crippen LogP contribution in [0.5, 0.6) is 5.88 Å². The molecule has 100 valence electrons. The number of hydrogen-bond acceptors (Lipinski definition) is 4. The topological polar surface area (TPSA) is 60.2 Å². The van der Waals surface area contributed by atoms with Gasteiger partial charge in [-0.3, -0.25) is 0 Å². The second kappa shape index (κ2) is 5.46. The van der Waals surface area contributed by atoms with E-state index in [4.69, 9.17) is 10.5 Å². The lowest BCUT2D eigenvalue weighted by atomic mass is 10.2. The number of ether oxygens (including phenoxy) is 1. The van der Waals surface area contributed by atoms with E-state index in [9.17, 15) is 0 Å². The Kier molecular flexibility index (Phi) is 3.94. The van der Waals surface area contributed by atoms with Crippen molar-refractivity contribution >= 4 is 11.5 Å². The highest BCUT2D eigenvalue weighted by Crippen LogP contribution is 2.37. The van der Waals surface area contributed by atoms with Crippen molar-refractivity contribution in [1.82, 2.24) is 4.98 Å². The van der Waals surface area contributed by atoms with Crippen LogP contribution >= 0.6 is 0 Å². The zero-order chi connectivity index (χ0) is 13.1. The van der Waals surface area contributed by atoms with Crippen LogP contribution in [-0.2, 0) is 0 Å². The molecule has 1 aliphatic carbocycles. The van der Waals surface area contributed by atoms with Gasteiger partial charge in [0.25, 0.3) is 0 Å². The standard InChI is InChI=1S/C14H23N3O/c1-4-5-10-8-12(10)16-13-7-6-11(15)14(17-13)18-9(2)3/h6-7,9-10,12H,4-5,8,15H2,1-3H3,(H,16,17). The minimum atomic E-state index is 0.0869. The number of aromatic nitrogens is 1. The summed E-state index contributed by atoms with van der Waals surface area (Å²) >= 11 is 0. The summed E-state index contributed by atoms with van der Waals surface area (Å²) in [5, 5.41) is 3.44. The van der Waals surface area contributed by atoms with Crippen LogP contribution in [0.15, 0.2) is 12.1 Å². The quantitative estimate of drug-likeness (QED) is 0.813. The molecule has 2 unspecified atom stereocenters. The predicted octanol–water partition coefficient (Wildman–Crippen LogP) is 3.05. The molecule has 0 saturated heterocycles. The van der Waals surface area contributed by atoms with Crippen molar-refractivity contribution in [3.05, 3.63) is 12.1 Å². The molecule has 1 aromatic rings. The number of anilines is 2. The van der Waals surface area contributed by atoms with Crippen LogP contribution in [0.25, 0.3) is 0 Å². The number of nitrogens with zero attached hydrogens (tertiary/aromatic N) is 1. The second-order valence-corrected chi connectivity index (χ2v) is 5.29. The van der Waals surface area contributed by atoms with Gasteiger partial charge in [0.15, 0.2) is 0 Å². The SMILES string of the molecule is CCCC1CC1Nc1ccc(N)c(OC(C)C)n1. The first-order valence-electron chi connectivity index (χ1n) is 6.79. The van der Waals surface area contributed by atoms with Gasteiger partial charge in [-0.05, 0) is 44.7 Å². The number of pyridine rings is 1. The number of rotatable bonds is 6. The van der Waals surface area contributed by atoms with Crippen LogP contribution in [0.2, 0.25) is 0 Å². The Morgan fingerprint density at radius 1 is 1.50 bits per heavy atom. The fourth-order valence-corrected chi connectivity index (χ4v) is 2.15. The molecular weight excluding hydrogens is 226 g/mol. The van der Waals surface area contributed by atoms with Gasteiger partial charge < -0.3 is 15.8 Å². The Morgan fingerprint density at radius 2 is 2.28 bits per heavy atom. The molecule has 2 rings (SSSR count). The summed E-state index contributed by atoms with van der Waals surface area (Å²) in [6.45, 7) is 6.17. The number of nitrogen functional groups attached to an aromatic ring is 1. The van der Waals surface area contributed by atoms with E-state index in [1.54, 1.807) is 0 Å². The van der Waals surface area contributed by atoms with E-state index in [0.29, 0.717) is 17.6 Å². The molecule has 0 spiro atoms. The van der Waals surface area contributed by atoms with Crippen molar-refractivity contribution in [3.63, 3.8) is 0 Å². The summed E-state index contributed by atoms with van der Waals surface area (Å²) in [5.74, 6) is 2.20. The van der Waals surface area contributed by atoms with E-state index in [1.807, 2.05) is 26.0 Å². The highest BCUT2D eigenvalue weighted by molar-refractivity contribution is 5.54. The summed E-state index contributed by atoms with van der Waals surface area (Å²) in [6, 6.07) is 4.35. The molecule has 4 nitrogen and oxygen atoms in total. The fraction of sp³-hybridized carbons (Fsp3) is 0.643. The first-order valence-corrected chi connectivity index (χ1v) is 6.79. The van der Waals surface area contributed by atoms with Gasteiger partial charge >= 0.3 is 0 Å². The minimum absolute atomic E-state index is 0.0869. The molecule has 1 aromatic heterocycles. The Morgan fingerprint density at radius 3 is 2.94 bits per heavy atom. The van der Waals surface area contributed by atoms with E-state index in [1.165, 1.54) is 19.3 Å². The highest BCUT2D eigenvalue weighted by Gasteiger charge is 2.36. The lowest BCUT2D eigenvalue weighted by Gasteiger charge is -2.13. The summed E-state index contributed by atoms with van der Waals surface area (Å²) in [4.78, 5) is 4.43. The van der Waals surface area contributed by atoms with Crippen molar-refractivity contribution in [1.29, 1.82) is 0 Å². The van der Waals surface area contributed by atoms with Gasteiger partial charge in [-0.15, -0.1) is 0 Å². The van der Waals surface area contributed by atoms with Crippen molar-refractivity contribution in [2.24, 2.45) is 5.92 Å². The zero-order valence-electron chi connectivity index (χ0n) is 11.4. The zero-order valence-corrected chi connectivity index (χ0v) is 11.4. The average molecular weight is 249 g/mol. The Hall–Kier alpha value is -1.45. The Labute approximate surface area is 109 Å². The van der Waals surface area contributed by atoms with Crippen molar-refractivity contribution in [2.45, 2.75) is 52.2 Å². The number of nitrogens with one attached hydrogen (secondary N) is 1. The van der Waals surface area contributed by atoms with E-state index in [0.717, 1.165) is 11.7 Å². The summed E-state index contributed by atoms with van der Waals surface area (Å²) in [5.41, 5.74) is 6.44. The van der Waals surface area contributed by atoms with E-state index < -0.39 is 0 Å². The maximum absolute atomic E-state index is 5.84. The van der Waals surface area contributed by atoms with Gasteiger partial charge in [-0.2, -0.15) is 4.98 Å². The van der Waals surface area contributed by atoms with Gasteiger partial charge in [-0.25, -0.2) is 0 Å². The third kappa shape index (κ3) is 3.28. The molecule has 1 saturated carbocycles. The average Bonchev–Trinajstić information content (AvgIpc) is 3.01. The third-order valence-electron chi connectivity index (χ3n) is 3.15. The van der Waals surface area contributed by atoms with Crippen LogP contribution < -0.4 is 15.8 Å². The van der Waals surface area contributed by atoms with Crippen LogP contribution in [-0.4, -0.2) is 17.1 Å². The molecule has 4 heteroatoms. The van der Waals surface area contributed by atoms with E-state index in [-0.39, 0.29) is 6.10 Å². The van der Waals surface area contributed by atoms with Gasteiger partial charge in [0.1, 0.15) is 5.82 Å².